The summed E-state index contributed by atoms with van der Waals surface area (Å²) >= 11 is 0. The van der Waals surface area contributed by atoms with Crippen LogP contribution in [0.2, 0.25) is 0 Å². The Labute approximate surface area is 210 Å². The van der Waals surface area contributed by atoms with Gasteiger partial charge in [-0.25, -0.2) is 4.98 Å². The van der Waals surface area contributed by atoms with E-state index in [-0.39, 0.29) is 0 Å². The molecule has 0 aliphatic carbocycles. The standard InChI is InChI=1S/C31H27NO4/c1-33-24-15-22-16-25(20-11-7-5-8-12-20)29(32-30(22)27(19-24)34-2)23-17-26(21-13-9-6-10-14-21)31(36-4)28(18-23)35-3/h5-19H,1-4H3. The minimum Gasteiger partial charge on any atom is -0.497 e. The van der Waals surface area contributed by atoms with E-state index >= 15 is 0 Å². The molecule has 5 heteroatoms. The van der Waals surface area contributed by atoms with Crippen molar-refractivity contribution in [3.63, 3.8) is 0 Å². The fourth-order valence-corrected chi connectivity index (χ4v) is 4.49. The maximum atomic E-state index is 5.78. The summed E-state index contributed by atoms with van der Waals surface area (Å²) in [6.07, 6.45) is 0. The Morgan fingerprint density at radius 2 is 1.17 bits per heavy atom. The molecule has 0 aliphatic rings. The first-order chi connectivity index (χ1) is 17.7. The van der Waals surface area contributed by atoms with Gasteiger partial charge in [0.2, 0.25) is 0 Å². The first kappa shape index (κ1) is 23.2. The van der Waals surface area contributed by atoms with Crippen LogP contribution in [0, 0.1) is 0 Å². The highest BCUT2D eigenvalue weighted by atomic mass is 16.5. The average molecular weight is 478 g/mol. The quantitative estimate of drug-likeness (QED) is 0.247. The summed E-state index contributed by atoms with van der Waals surface area (Å²) in [4.78, 5) is 5.16. The molecule has 0 amide bonds. The summed E-state index contributed by atoms with van der Waals surface area (Å²) < 4.78 is 22.8. The molecule has 1 aromatic heterocycles. The Morgan fingerprint density at radius 1 is 0.528 bits per heavy atom. The van der Waals surface area contributed by atoms with Crippen molar-refractivity contribution in [3.8, 4) is 56.5 Å². The van der Waals surface area contributed by atoms with Crippen molar-refractivity contribution >= 4 is 10.9 Å². The van der Waals surface area contributed by atoms with Crippen molar-refractivity contribution < 1.29 is 18.9 Å². The van der Waals surface area contributed by atoms with Gasteiger partial charge in [0.25, 0.3) is 0 Å². The number of aromatic nitrogens is 1. The number of methoxy groups -OCH3 is 4. The smallest absolute Gasteiger partial charge is 0.168 e. The maximum Gasteiger partial charge on any atom is 0.168 e. The first-order valence-corrected chi connectivity index (χ1v) is 11.6. The Kier molecular flexibility index (Phi) is 6.46. The first-order valence-electron chi connectivity index (χ1n) is 11.6. The molecule has 0 N–H and O–H groups in total. The monoisotopic (exact) mass is 477 g/mol. The zero-order valence-electron chi connectivity index (χ0n) is 20.7. The normalized spacial score (nSPS) is 10.8. The molecule has 0 saturated carbocycles. The van der Waals surface area contributed by atoms with E-state index in [4.69, 9.17) is 23.9 Å². The lowest BCUT2D eigenvalue weighted by molar-refractivity contribution is 0.356. The molecule has 1 heterocycles. The average Bonchev–Trinajstić information content (AvgIpc) is 2.95. The third-order valence-corrected chi connectivity index (χ3v) is 6.23. The van der Waals surface area contributed by atoms with E-state index in [1.54, 1.807) is 28.4 Å². The van der Waals surface area contributed by atoms with Crippen LogP contribution >= 0.6 is 0 Å². The van der Waals surface area contributed by atoms with Crippen molar-refractivity contribution in [3.05, 3.63) is 91.0 Å². The zero-order chi connectivity index (χ0) is 25.1. The fraction of sp³-hybridized carbons (Fsp3) is 0.129. The molecule has 0 atom stereocenters. The molecular weight excluding hydrogens is 450 g/mol. The number of fused-ring (bicyclic) bond motifs is 1. The van der Waals surface area contributed by atoms with Crippen LogP contribution in [0.3, 0.4) is 0 Å². The number of hydrogen-bond donors (Lipinski definition) is 0. The van der Waals surface area contributed by atoms with Crippen molar-refractivity contribution in [2.45, 2.75) is 0 Å². The lowest BCUT2D eigenvalue weighted by atomic mass is 9.94. The lowest BCUT2D eigenvalue weighted by Gasteiger charge is -2.18. The van der Waals surface area contributed by atoms with Crippen molar-refractivity contribution in [1.82, 2.24) is 4.98 Å². The molecule has 0 fully saturated rings. The van der Waals surface area contributed by atoms with Crippen LogP contribution in [0.4, 0.5) is 0 Å². The maximum absolute atomic E-state index is 5.78. The highest BCUT2D eigenvalue weighted by molar-refractivity contribution is 5.96. The van der Waals surface area contributed by atoms with Crippen molar-refractivity contribution in [2.24, 2.45) is 0 Å². The van der Waals surface area contributed by atoms with Gasteiger partial charge in [-0.05, 0) is 35.4 Å². The molecule has 5 rings (SSSR count). The molecule has 5 aromatic rings. The molecule has 0 radical (unpaired) electrons. The largest absolute Gasteiger partial charge is 0.497 e. The van der Waals surface area contributed by atoms with Gasteiger partial charge in [0, 0.05) is 28.1 Å². The second-order valence-corrected chi connectivity index (χ2v) is 8.28. The van der Waals surface area contributed by atoms with E-state index in [2.05, 4.69) is 36.4 Å². The number of ether oxygens (including phenoxy) is 4. The van der Waals surface area contributed by atoms with Gasteiger partial charge in [-0.1, -0.05) is 60.7 Å². The van der Waals surface area contributed by atoms with Gasteiger partial charge in [0.05, 0.1) is 34.1 Å². The van der Waals surface area contributed by atoms with Crippen LogP contribution < -0.4 is 18.9 Å². The van der Waals surface area contributed by atoms with Gasteiger partial charge in [-0.3, -0.25) is 0 Å². The SMILES string of the molecule is COc1cc(OC)c2nc(-c3cc(OC)c(OC)c(-c4ccccc4)c3)c(-c3ccccc3)cc2c1. The van der Waals surface area contributed by atoms with Crippen LogP contribution in [0.15, 0.2) is 91.0 Å². The van der Waals surface area contributed by atoms with Crippen LogP contribution in [0.25, 0.3) is 44.4 Å². The van der Waals surface area contributed by atoms with E-state index < -0.39 is 0 Å². The number of rotatable bonds is 7. The summed E-state index contributed by atoms with van der Waals surface area (Å²) in [6.45, 7) is 0. The zero-order valence-corrected chi connectivity index (χ0v) is 20.7. The minimum atomic E-state index is 0.636. The molecular formula is C31H27NO4. The molecule has 0 spiro atoms. The Hall–Kier alpha value is -4.51. The van der Waals surface area contributed by atoms with E-state index in [0.717, 1.165) is 44.4 Å². The molecule has 36 heavy (non-hydrogen) atoms. The van der Waals surface area contributed by atoms with Gasteiger partial charge in [-0.15, -0.1) is 0 Å². The summed E-state index contributed by atoms with van der Waals surface area (Å²) in [5, 5.41) is 0.928. The predicted octanol–water partition coefficient (Wildman–Crippen LogP) is 7.27. The van der Waals surface area contributed by atoms with Crippen LogP contribution in [0.5, 0.6) is 23.0 Å². The Bertz CT molecular complexity index is 1520. The molecule has 0 unspecified atom stereocenters. The summed E-state index contributed by atoms with van der Waals surface area (Å²) in [7, 11) is 6.60. The summed E-state index contributed by atoms with van der Waals surface area (Å²) in [6, 6.07) is 30.4. The number of nitrogens with zero attached hydrogens (tertiary/aromatic N) is 1. The Balaban J connectivity index is 1.85. The highest BCUT2D eigenvalue weighted by Crippen LogP contribution is 2.44. The van der Waals surface area contributed by atoms with E-state index in [9.17, 15) is 0 Å². The predicted molar refractivity (Wildman–Crippen MR) is 144 cm³/mol. The van der Waals surface area contributed by atoms with Gasteiger partial charge < -0.3 is 18.9 Å². The Morgan fingerprint density at radius 3 is 1.75 bits per heavy atom. The van der Waals surface area contributed by atoms with Gasteiger partial charge in [0.15, 0.2) is 11.5 Å². The second-order valence-electron chi connectivity index (χ2n) is 8.28. The topological polar surface area (TPSA) is 49.8 Å². The molecule has 0 aliphatic heterocycles. The summed E-state index contributed by atoms with van der Waals surface area (Å²) in [5.74, 6) is 2.67. The molecule has 5 nitrogen and oxygen atoms in total. The number of benzene rings is 4. The molecule has 180 valence electrons. The molecule has 0 saturated heterocycles. The van der Waals surface area contributed by atoms with E-state index in [1.165, 1.54) is 0 Å². The van der Waals surface area contributed by atoms with Crippen molar-refractivity contribution in [1.29, 1.82) is 0 Å². The lowest BCUT2D eigenvalue weighted by Crippen LogP contribution is -1.98. The minimum absolute atomic E-state index is 0.636. The second kappa shape index (κ2) is 10.0. The molecule has 4 aromatic carbocycles. The van der Waals surface area contributed by atoms with Gasteiger partial charge in [0.1, 0.15) is 17.0 Å². The highest BCUT2D eigenvalue weighted by Gasteiger charge is 2.20. The fourth-order valence-electron chi connectivity index (χ4n) is 4.49. The summed E-state index contributed by atoms with van der Waals surface area (Å²) in [5.41, 5.74) is 6.47. The third kappa shape index (κ3) is 4.20. The van der Waals surface area contributed by atoms with Gasteiger partial charge >= 0.3 is 0 Å². The van der Waals surface area contributed by atoms with Crippen LogP contribution in [-0.4, -0.2) is 33.4 Å². The van der Waals surface area contributed by atoms with Gasteiger partial charge in [-0.2, -0.15) is 0 Å². The molecule has 0 bridgehead atoms. The van der Waals surface area contributed by atoms with Crippen LogP contribution in [0.1, 0.15) is 0 Å². The van der Waals surface area contributed by atoms with Crippen LogP contribution in [-0.2, 0) is 0 Å². The van der Waals surface area contributed by atoms with Crippen molar-refractivity contribution in [2.75, 3.05) is 28.4 Å². The van der Waals surface area contributed by atoms with E-state index in [0.29, 0.717) is 23.0 Å². The third-order valence-electron chi connectivity index (χ3n) is 6.23. The number of hydrogen-bond acceptors (Lipinski definition) is 5. The number of pyridine rings is 1. The van der Waals surface area contributed by atoms with E-state index in [1.807, 2.05) is 54.6 Å².